The molecule has 1 atom stereocenters. The van der Waals surface area contributed by atoms with Gasteiger partial charge in [0.25, 0.3) is 0 Å². The van der Waals surface area contributed by atoms with Gasteiger partial charge in [0.2, 0.25) is 0 Å². The molecular weight excluding hydrogens is 373 g/mol. The van der Waals surface area contributed by atoms with Crippen molar-refractivity contribution in [1.29, 1.82) is 0 Å². The summed E-state index contributed by atoms with van der Waals surface area (Å²) in [7, 11) is 0. The van der Waals surface area contributed by atoms with Gasteiger partial charge in [0.05, 0.1) is 12.6 Å². The Balaban J connectivity index is 1.71. The molecule has 0 N–H and O–H groups in total. The van der Waals surface area contributed by atoms with Gasteiger partial charge in [-0.15, -0.1) is 5.10 Å². The predicted octanol–water partition coefficient (Wildman–Crippen LogP) is 3.18. The van der Waals surface area contributed by atoms with Crippen LogP contribution in [-0.2, 0) is 13.1 Å². The Morgan fingerprint density at radius 1 is 1.12 bits per heavy atom. The molecule has 7 heteroatoms. The molecule has 2 heterocycles. The van der Waals surface area contributed by atoms with Crippen LogP contribution in [0.5, 0.6) is 0 Å². The zero-order valence-corrected chi connectivity index (χ0v) is 14.4. The van der Waals surface area contributed by atoms with Gasteiger partial charge in [-0.2, -0.15) is 0 Å². The van der Waals surface area contributed by atoms with E-state index in [2.05, 4.69) is 48.5 Å². The van der Waals surface area contributed by atoms with E-state index < -0.39 is 0 Å². The van der Waals surface area contributed by atoms with Crippen molar-refractivity contribution in [3.63, 3.8) is 0 Å². The molecule has 1 aliphatic heterocycles. The second kappa shape index (κ2) is 6.41. The Labute approximate surface area is 147 Å². The molecule has 1 aliphatic rings. The van der Waals surface area contributed by atoms with E-state index in [9.17, 15) is 4.39 Å². The number of hydrogen-bond acceptors (Lipinski definition) is 4. The van der Waals surface area contributed by atoms with Crippen molar-refractivity contribution in [2.24, 2.45) is 0 Å². The summed E-state index contributed by atoms with van der Waals surface area (Å²) in [6.07, 6.45) is 0. The van der Waals surface area contributed by atoms with Gasteiger partial charge in [-0.25, -0.2) is 9.07 Å². The lowest BCUT2D eigenvalue weighted by Crippen LogP contribution is -2.39. The third-order valence-corrected chi connectivity index (χ3v) is 4.72. The molecule has 122 valence electrons. The Kier molecular flexibility index (Phi) is 4.12. The molecule has 24 heavy (non-hydrogen) atoms. The van der Waals surface area contributed by atoms with E-state index in [1.165, 1.54) is 17.7 Å². The molecular formula is C17H15BrFN5. The highest BCUT2D eigenvalue weighted by molar-refractivity contribution is 9.10. The summed E-state index contributed by atoms with van der Waals surface area (Å²) < 4.78 is 16.2. The molecule has 1 aromatic heterocycles. The average Bonchev–Trinajstić information content (AvgIpc) is 3.04. The van der Waals surface area contributed by atoms with Gasteiger partial charge in [-0.05, 0) is 45.8 Å². The third-order valence-electron chi connectivity index (χ3n) is 4.23. The molecule has 0 fully saturated rings. The first-order valence-electron chi connectivity index (χ1n) is 7.71. The maximum absolute atomic E-state index is 13.3. The van der Waals surface area contributed by atoms with Crippen LogP contribution in [0.15, 0.2) is 53.0 Å². The van der Waals surface area contributed by atoms with Crippen molar-refractivity contribution in [3.8, 4) is 0 Å². The van der Waals surface area contributed by atoms with E-state index >= 15 is 0 Å². The third kappa shape index (κ3) is 2.97. The number of halogens is 2. The summed E-state index contributed by atoms with van der Waals surface area (Å²) in [4.78, 5) is 2.32. The summed E-state index contributed by atoms with van der Waals surface area (Å²) in [5, 5.41) is 12.1. The molecule has 0 saturated heterocycles. The molecule has 0 amide bonds. The quantitative estimate of drug-likeness (QED) is 0.692. The van der Waals surface area contributed by atoms with Crippen LogP contribution in [0.3, 0.4) is 0 Å². The summed E-state index contributed by atoms with van der Waals surface area (Å²) >= 11 is 3.52. The van der Waals surface area contributed by atoms with Gasteiger partial charge in [0.1, 0.15) is 5.82 Å². The highest BCUT2D eigenvalue weighted by atomic mass is 79.9. The van der Waals surface area contributed by atoms with Gasteiger partial charge >= 0.3 is 0 Å². The minimum atomic E-state index is -0.243. The van der Waals surface area contributed by atoms with Crippen LogP contribution in [0.25, 0.3) is 0 Å². The molecule has 0 spiro atoms. The normalized spacial score (nSPS) is 17.7. The molecule has 5 nitrogen and oxygen atoms in total. The lowest BCUT2D eigenvalue weighted by molar-refractivity contribution is 0.164. The van der Waals surface area contributed by atoms with Crippen LogP contribution in [0.1, 0.15) is 23.0 Å². The lowest BCUT2D eigenvalue weighted by Gasteiger charge is -2.34. The molecule has 0 bridgehead atoms. The highest BCUT2D eigenvalue weighted by Crippen LogP contribution is 2.31. The fourth-order valence-corrected chi connectivity index (χ4v) is 3.57. The number of benzene rings is 2. The van der Waals surface area contributed by atoms with Crippen molar-refractivity contribution in [2.75, 3.05) is 6.54 Å². The van der Waals surface area contributed by atoms with Gasteiger partial charge in [-0.1, -0.05) is 40.2 Å². The van der Waals surface area contributed by atoms with Crippen molar-refractivity contribution >= 4 is 15.9 Å². The van der Waals surface area contributed by atoms with E-state index in [4.69, 9.17) is 0 Å². The van der Waals surface area contributed by atoms with Crippen LogP contribution in [0, 0.1) is 5.82 Å². The Morgan fingerprint density at radius 3 is 2.75 bits per heavy atom. The van der Waals surface area contributed by atoms with E-state index in [1.807, 2.05) is 16.8 Å². The van der Waals surface area contributed by atoms with Crippen LogP contribution in [-0.4, -0.2) is 31.7 Å². The van der Waals surface area contributed by atoms with Crippen LogP contribution >= 0.6 is 15.9 Å². The summed E-state index contributed by atoms with van der Waals surface area (Å²) in [5.74, 6) is 0.551. The lowest BCUT2D eigenvalue weighted by atomic mass is 10.0. The van der Waals surface area contributed by atoms with Gasteiger partial charge < -0.3 is 0 Å². The maximum atomic E-state index is 13.3. The molecule has 0 aliphatic carbocycles. The summed E-state index contributed by atoms with van der Waals surface area (Å²) in [6.45, 7) is 2.34. The van der Waals surface area contributed by atoms with Crippen LogP contribution in [0.4, 0.5) is 4.39 Å². The predicted molar refractivity (Wildman–Crippen MR) is 90.6 cm³/mol. The van der Waals surface area contributed by atoms with E-state index in [0.717, 1.165) is 35.5 Å². The first-order chi connectivity index (χ1) is 11.7. The maximum Gasteiger partial charge on any atom is 0.173 e. The number of tetrazole rings is 1. The highest BCUT2D eigenvalue weighted by Gasteiger charge is 2.31. The molecule has 0 unspecified atom stereocenters. The minimum absolute atomic E-state index is 0.0895. The SMILES string of the molecule is Fc1ccc([C@H]2c3nnnn3CCN2Cc2cccc(Br)c2)cc1. The second-order valence-corrected chi connectivity index (χ2v) is 6.73. The molecule has 2 aromatic carbocycles. The van der Waals surface area contributed by atoms with E-state index in [-0.39, 0.29) is 11.9 Å². The molecule has 0 radical (unpaired) electrons. The Morgan fingerprint density at radius 2 is 1.96 bits per heavy atom. The zero-order valence-electron chi connectivity index (χ0n) is 12.8. The van der Waals surface area contributed by atoms with Crippen molar-refractivity contribution in [3.05, 3.63) is 75.8 Å². The van der Waals surface area contributed by atoms with Gasteiger partial charge in [-0.3, -0.25) is 4.90 Å². The Hall–Kier alpha value is -2.12. The first-order valence-corrected chi connectivity index (χ1v) is 8.50. The largest absolute Gasteiger partial charge is 0.284 e. The molecule has 3 aromatic rings. The summed E-state index contributed by atoms with van der Waals surface area (Å²) in [6, 6.07) is 14.7. The fourth-order valence-electron chi connectivity index (χ4n) is 3.13. The zero-order chi connectivity index (χ0) is 16.5. The monoisotopic (exact) mass is 387 g/mol. The number of nitrogens with zero attached hydrogens (tertiary/aromatic N) is 5. The topological polar surface area (TPSA) is 46.8 Å². The number of hydrogen-bond donors (Lipinski definition) is 0. The minimum Gasteiger partial charge on any atom is -0.284 e. The van der Waals surface area contributed by atoms with Crippen LogP contribution in [0.2, 0.25) is 0 Å². The van der Waals surface area contributed by atoms with E-state index in [1.54, 1.807) is 12.1 Å². The summed E-state index contributed by atoms with van der Waals surface area (Å²) in [5.41, 5.74) is 2.19. The van der Waals surface area contributed by atoms with Crippen molar-refractivity contribution in [1.82, 2.24) is 25.1 Å². The Bertz CT molecular complexity index is 848. The average molecular weight is 388 g/mol. The molecule has 0 saturated carbocycles. The number of aromatic nitrogens is 4. The fraction of sp³-hybridized carbons (Fsp3) is 0.235. The van der Waals surface area contributed by atoms with Crippen molar-refractivity contribution in [2.45, 2.75) is 19.1 Å². The van der Waals surface area contributed by atoms with Gasteiger partial charge in [0.15, 0.2) is 5.82 Å². The number of fused-ring (bicyclic) bond motifs is 1. The van der Waals surface area contributed by atoms with Gasteiger partial charge in [0, 0.05) is 17.6 Å². The number of rotatable bonds is 3. The van der Waals surface area contributed by atoms with Crippen molar-refractivity contribution < 1.29 is 4.39 Å². The van der Waals surface area contributed by atoms with Crippen LogP contribution < -0.4 is 0 Å². The smallest absolute Gasteiger partial charge is 0.173 e. The standard InChI is InChI=1S/C17H15BrFN5/c18-14-3-1-2-12(10-14)11-23-8-9-24-17(20-21-22-24)16(23)13-4-6-15(19)7-5-13/h1-7,10,16H,8-9,11H2/t16-/m0/s1. The first kappa shape index (κ1) is 15.4. The van der Waals surface area contributed by atoms with E-state index in [0.29, 0.717) is 0 Å². The molecule has 4 rings (SSSR count). The second-order valence-electron chi connectivity index (χ2n) is 5.81.